The molecule has 6 heteroatoms. The highest BCUT2D eigenvalue weighted by atomic mass is 35.5. The summed E-state index contributed by atoms with van der Waals surface area (Å²) in [5.41, 5.74) is 0.727. The van der Waals surface area contributed by atoms with Gasteiger partial charge in [-0.2, -0.15) is 0 Å². The minimum Gasteiger partial charge on any atom is -0.454 e. The lowest BCUT2D eigenvalue weighted by Crippen LogP contribution is -2.24. The van der Waals surface area contributed by atoms with Gasteiger partial charge >= 0.3 is 5.97 Å². The van der Waals surface area contributed by atoms with E-state index in [9.17, 15) is 9.59 Å². The Hall–Kier alpha value is -2.53. The molecule has 1 aliphatic heterocycles. The maximum absolute atomic E-state index is 12.2. The van der Waals surface area contributed by atoms with E-state index in [0.717, 1.165) is 0 Å². The molecule has 0 spiro atoms. The minimum atomic E-state index is -0.908. The number of fused-ring (bicyclic) bond motifs is 1. The molecular weight excluding hydrogens is 320 g/mol. The molecule has 0 aromatic heterocycles. The number of ether oxygens (including phenoxy) is 3. The molecule has 0 aliphatic carbocycles. The van der Waals surface area contributed by atoms with Gasteiger partial charge in [-0.25, -0.2) is 4.79 Å². The number of ketones is 1. The second-order valence-electron chi connectivity index (χ2n) is 4.99. The first-order valence-corrected chi connectivity index (χ1v) is 7.33. The van der Waals surface area contributed by atoms with Crippen LogP contribution in [0, 0.1) is 0 Å². The number of carbonyl (C=O) groups is 2. The van der Waals surface area contributed by atoms with Gasteiger partial charge in [0.15, 0.2) is 17.6 Å². The zero-order valence-electron chi connectivity index (χ0n) is 12.2. The molecular formula is C17H13ClO5. The molecule has 1 heterocycles. The first kappa shape index (κ1) is 15.4. The highest BCUT2D eigenvalue weighted by molar-refractivity contribution is 6.30. The van der Waals surface area contributed by atoms with E-state index in [4.69, 9.17) is 25.8 Å². The van der Waals surface area contributed by atoms with E-state index < -0.39 is 12.1 Å². The predicted molar refractivity (Wildman–Crippen MR) is 83.2 cm³/mol. The number of Topliss-reactive ketones (excluding diaryl/α,β-unsaturated/α-hetero) is 1. The Labute approximate surface area is 137 Å². The van der Waals surface area contributed by atoms with E-state index in [1.165, 1.54) is 13.0 Å². The molecule has 118 valence electrons. The number of halogens is 1. The average molecular weight is 333 g/mol. The van der Waals surface area contributed by atoms with Crippen molar-refractivity contribution in [1.29, 1.82) is 0 Å². The number of carbonyl (C=O) groups excluding carboxylic acids is 2. The van der Waals surface area contributed by atoms with Gasteiger partial charge in [-0.05, 0) is 49.4 Å². The highest BCUT2D eigenvalue weighted by Crippen LogP contribution is 2.32. The number of rotatable bonds is 4. The lowest BCUT2D eigenvalue weighted by molar-refractivity contribution is 0.0318. The summed E-state index contributed by atoms with van der Waals surface area (Å²) in [7, 11) is 0. The van der Waals surface area contributed by atoms with Crippen LogP contribution in [0.4, 0.5) is 0 Å². The second-order valence-corrected chi connectivity index (χ2v) is 5.42. The van der Waals surface area contributed by atoms with Crippen LogP contribution in [-0.2, 0) is 4.74 Å². The molecule has 0 bridgehead atoms. The Morgan fingerprint density at radius 1 is 1.04 bits per heavy atom. The zero-order chi connectivity index (χ0) is 16.4. The fourth-order valence-electron chi connectivity index (χ4n) is 2.15. The first-order valence-electron chi connectivity index (χ1n) is 6.95. The van der Waals surface area contributed by atoms with E-state index in [2.05, 4.69) is 0 Å². The maximum Gasteiger partial charge on any atom is 0.338 e. The van der Waals surface area contributed by atoms with Gasteiger partial charge in [-0.1, -0.05) is 11.6 Å². The number of hydrogen-bond donors (Lipinski definition) is 0. The molecule has 0 N–H and O–H groups in total. The average Bonchev–Trinajstić information content (AvgIpc) is 3.02. The quantitative estimate of drug-likeness (QED) is 0.633. The Morgan fingerprint density at radius 3 is 2.43 bits per heavy atom. The van der Waals surface area contributed by atoms with E-state index in [0.29, 0.717) is 27.6 Å². The minimum absolute atomic E-state index is 0.124. The molecule has 1 atom stereocenters. The number of hydrogen-bond acceptors (Lipinski definition) is 5. The van der Waals surface area contributed by atoms with Crippen molar-refractivity contribution in [3.8, 4) is 11.5 Å². The summed E-state index contributed by atoms with van der Waals surface area (Å²) in [5, 5.41) is 0.534. The van der Waals surface area contributed by atoms with Crippen LogP contribution in [0.2, 0.25) is 5.02 Å². The summed E-state index contributed by atoms with van der Waals surface area (Å²) < 4.78 is 15.6. The third kappa shape index (κ3) is 3.29. The zero-order valence-corrected chi connectivity index (χ0v) is 13.0. The third-order valence-electron chi connectivity index (χ3n) is 3.39. The van der Waals surface area contributed by atoms with Crippen LogP contribution in [0.5, 0.6) is 11.5 Å². The smallest absolute Gasteiger partial charge is 0.338 e. The van der Waals surface area contributed by atoms with Crippen molar-refractivity contribution in [3.05, 3.63) is 58.6 Å². The normalized spacial score (nSPS) is 13.5. The second kappa shape index (κ2) is 6.30. The van der Waals surface area contributed by atoms with Crippen molar-refractivity contribution in [2.45, 2.75) is 13.0 Å². The van der Waals surface area contributed by atoms with Crippen LogP contribution in [0.15, 0.2) is 42.5 Å². The molecule has 0 saturated carbocycles. The van der Waals surface area contributed by atoms with Crippen LogP contribution in [0.3, 0.4) is 0 Å². The standard InChI is InChI=1S/C17H13ClO5/c1-10(16(19)11-2-5-13(18)6-3-11)23-17(20)12-4-7-14-15(8-12)22-9-21-14/h2-8,10H,9H2,1H3. The van der Waals surface area contributed by atoms with Crippen LogP contribution in [0.1, 0.15) is 27.6 Å². The lowest BCUT2D eigenvalue weighted by Gasteiger charge is -2.12. The molecule has 23 heavy (non-hydrogen) atoms. The molecule has 1 aliphatic rings. The Morgan fingerprint density at radius 2 is 1.70 bits per heavy atom. The summed E-state index contributed by atoms with van der Waals surface area (Å²) in [4.78, 5) is 24.4. The summed E-state index contributed by atoms with van der Waals surface area (Å²) in [6.07, 6.45) is -0.908. The lowest BCUT2D eigenvalue weighted by atomic mass is 10.1. The number of benzene rings is 2. The van der Waals surface area contributed by atoms with Crippen LogP contribution >= 0.6 is 11.6 Å². The SMILES string of the molecule is CC(OC(=O)c1ccc2c(c1)OCO2)C(=O)c1ccc(Cl)cc1. The molecule has 2 aromatic rings. The van der Waals surface area contributed by atoms with E-state index in [1.54, 1.807) is 36.4 Å². The summed E-state index contributed by atoms with van der Waals surface area (Å²) in [5.74, 6) is 0.164. The van der Waals surface area contributed by atoms with Gasteiger partial charge in [0.2, 0.25) is 12.6 Å². The Kier molecular flexibility index (Phi) is 4.21. The van der Waals surface area contributed by atoms with Crippen LogP contribution < -0.4 is 9.47 Å². The van der Waals surface area contributed by atoms with Crippen molar-refractivity contribution in [2.24, 2.45) is 0 Å². The van der Waals surface area contributed by atoms with Gasteiger partial charge < -0.3 is 14.2 Å². The van der Waals surface area contributed by atoms with Gasteiger partial charge in [-0.3, -0.25) is 4.79 Å². The Bertz CT molecular complexity index is 754. The van der Waals surface area contributed by atoms with Gasteiger partial charge in [0.25, 0.3) is 0 Å². The van der Waals surface area contributed by atoms with Crippen molar-refractivity contribution in [3.63, 3.8) is 0 Å². The summed E-state index contributed by atoms with van der Waals surface area (Å²) in [6.45, 7) is 1.65. The Balaban J connectivity index is 1.69. The van der Waals surface area contributed by atoms with Gasteiger partial charge in [-0.15, -0.1) is 0 Å². The largest absolute Gasteiger partial charge is 0.454 e. The molecule has 2 aromatic carbocycles. The van der Waals surface area contributed by atoms with Gasteiger partial charge in [0.1, 0.15) is 0 Å². The summed E-state index contributed by atoms with van der Waals surface area (Å²) >= 11 is 5.79. The molecule has 0 radical (unpaired) electrons. The van der Waals surface area contributed by atoms with E-state index in [-0.39, 0.29) is 12.6 Å². The van der Waals surface area contributed by atoms with E-state index in [1.807, 2.05) is 0 Å². The molecule has 3 rings (SSSR count). The van der Waals surface area contributed by atoms with Crippen molar-refractivity contribution < 1.29 is 23.8 Å². The monoisotopic (exact) mass is 332 g/mol. The van der Waals surface area contributed by atoms with Crippen molar-refractivity contribution >= 4 is 23.4 Å². The fraction of sp³-hybridized carbons (Fsp3) is 0.176. The van der Waals surface area contributed by atoms with Crippen molar-refractivity contribution in [1.82, 2.24) is 0 Å². The van der Waals surface area contributed by atoms with Crippen molar-refractivity contribution in [2.75, 3.05) is 6.79 Å². The molecule has 5 nitrogen and oxygen atoms in total. The van der Waals surface area contributed by atoms with Gasteiger partial charge in [0.05, 0.1) is 5.56 Å². The predicted octanol–water partition coefficient (Wildman–Crippen LogP) is 3.50. The highest BCUT2D eigenvalue weighted by Gasteiger charge is 2.22. The topological polar surface area (TPSA) is 61.8 Å². The molecule has 1 unspecified atom stereocenters. The maximum atomic E-state index is 12.2. The first-order chi connectivity index (χ1) is 11.0. The van der Waals surface area contributed by atoms with Gasteiger partial charge in [0, 0.05) is 10.6 Å². The molecule has 0 amide bonds. The fourth-order valence-corrected chi connectivity index (χ4v) is 2.28. The number of esters is 1. The summed E-state index contributed by atoms with van der Waals surface area (Å²) in [6, 6.07) is 11.1. The van der Waals surface area contributed by atoms with Crippen LogP contribution in [-0.4, -0.2) is 24.6 Å². The van der Waals surface area contributed by atoms with E-state index >= 15 is 0 Å². The molecule has 0 saturated heterocycles. The third-order valence-corrected chi connectivity index (χ3v) is 3.64. The molecule has 0 fully saturated rings. The van der Waals surface area contributed by atoms with Crippen LogP contribution in [0.25, 0.3) is 0 Å².